The zero-order chi connectivity index (χ0) is 47.1. The molecule has 2 N–H and O–H groups in total. The van der Waals surface area contributed by atoms with Crippen molar-refractivity contribution in [1.82, 2.24) is 29.9 Å². The molecule has 5 aliphatic heterocycles. The number of fused-ring (bicyclic) bond motifs is 4. The minimum atomic E-state index is -1.60. The summed E-state index contributed by atoms with van der Waals surface area (Å²) >= 11 is 0. The predicted molar refractivity (Wildman–Crippen MR) is 246 cm³/mol. The Labute approximate surface area is 386 Å². The van der Waals surface area contributed by atoms with Crippen LogP contribution in [0, 0.1) is 17.8 Å². The maximum Gasteiger partial charge on any atom is 0.320 e. The van der Waals surface area contributed by atoms with E-state index in [2.05, 4.69) is 46.3 Å². The van der Waals surface area contributed by atoms with Gasteiger partial charge in [0.2, 0.25) is 17.8 Å². The summed E-state index contributed by atoms with van der Waals surface area (Å²) in [4.78, 5) is 70.6. The van der Waals surface area contributed by atoms with E-state index < -0.39 is 52.7 Å². The highest BCUT2D eigenvalue weighted by atomic mass is 16.6. The van der Waals surface area contributed by atoms with E-state index in [-0.39, 0.29) is 48.8 Å². The first-order chi connectivity index (χ1) is 31.3. The Balaban J connectivity index is 1.28. The minimum absolute atomic E-state index is 0.0167. The van der Waals surface area contributed by atoms with E-state index in [1.807, 2.05) is 53.8 Å². The number of allylic oxidation sites excluding steroid dienone is 4. The summed E-state index contributed by atoms with van der Waals surface area (Å²) < 4.78 is 30.5. The summed E-state index contributed by atoms with van der Waals surface area (Å²) in [7, 11) is 2.00. The number of ketones is 1. The molecule has 7 unspecified atom stereocenters. The molecule has 66 heavy (non-hydrogen) atoms. The molecule has 0 radical (unpaired) electrons. The van der Waals surface area contributed by atoms with Crippen LogP contribution in [0.25, 0.3) is 6.08 Å². The van der Waals surface area contributed by atoms with Crippen LogP contribution in [0.1, 0.15) is 110 Å². The van der Waals surface area contributed by atoms with E-state index >= 15 is 4.79 Å². The number of carbonyl (C=O) groups is 4. The molecule has 4 bridgehead atoms. The van der Waals surface area contributed by atoms with Crippen molar-refractivity contribution in [3.05, 3.63) is 64.0 Å². The maximum absolute atomic E-state index is 15.6. The molecule has 1 aromatic heterocycles. The molecule has 1 spiro atoms. The van der Waals surface area contributed by atoms with Gasteiger partial charge in [-0.25, -0.2) is 9.67 Å². The second-order valence-electron chi connectivity index (χ2n) is 20.4. The number of Topliss-reactive ketones (excluding diaryl/α,β-unsaturated/α-hetero) is 1. The molecule has 7 atom stereocenters. The molecule has 16 nitrogen and oxygen atoms in total. The second kappa shape index (κ2) is 16.7. The molecule has 6 heterocycles. The van der Waals surface area contributed by atoms with Crippen molar-refractivity contribution in [2.45, 2.75) is 122 Å². The highest BCUT2D eigenvalue weighted by Gasteiger charge is 2.86. The molecule has 352 valence electrons. The first-order valence-electron chi connectivity index (χ1n) is 23.4. The number of likely N-dealkylation sites (N-methyl/N-ethyl adjacent to an activating group) is 1. The molecule has 2 amide bonds. The van der Waals surface area contributed by atoms with Crippen molar-refractivity contribution in [3.8, 4) is 17.2 Å². The van der Waals surface area contributed by atoms with Gasteiger partial charge in [0.25, 0.3) is 0 Å². The molecular formula is C50H63N7O9. The normalized spacial score (nSPS) is 29.6. The van der Waals surface area contributed by atoms with E-state index in [9.17, 15) is 19.5 Å². The van der Waals surface area contributed by atoms with Gasteiger partial charge in [0.15, 0.2) is 22.7 Å². The van der Waals surface area contributed by atoms with Crippen LogP contribution >= 0.6 is 0 Å². The second-order valence-corrected chi connectivity index (χ2v) is 20.4. The van der Waals surface area contributed by atoms with Crippen LogP contribution in [0.3, 0.4) is 0 Å². The summed E-state index contributed by atoms with van der Waals surface area (Å²) in [5, 5.41) is 16.8. The van der Waals surface area contributed by atoms with Gasteiger partial charge >= 0.3 is 5.97 Å². The highest BCUT2D eigenvalue weighted by Crippen LogP contribution is 2.73. The van der Waals surface area contributed by atoms with Crippen LogP contribution in [0.4, 0.5) is 5.95 Å². The summed E-state index contributed by atoms with van der Waals surface area (Å²) in [5.74, 6) is -1.91. The SMILES string of the molecule is CC(C)=CCCC1(C)C=Cc2c(c(CC=C(C)C)c3c(c2OC(=O)CC(=O)N2CCN(C)CC2)C2=Nc4ncnn4C4C5CC6C(C)(C)OC(CC=C(C)C(=O)NCCO)(C5=O)C6(O3)C24)O1. The number of aliphatic imine (C=N–C) groups is 1. The number of hydrogen-bond acceptors (Lipinski definition) is 13. The monoisotopic (exact) mass is 905 g/mol. The van der Waals surface area contributed by atoms with Crippen LogP contribution in [-0.2, 0) is 30.3 Å². The minimum Gasteiger partial charge on any atom is -0.482 e. The quantitative estimate of drug-likeness (QED) is 0.0859. The lowest BCUT2D eigenvalue weighted by atomic mass is 9.44. The summed E-state index contributed by atoms with van der Waals surface area (Å²) in [5.41, 5.74) is 0.112. The number of amides is 2. The lowest BCUT2D eigenvalue weighted by molar-refractivity contribution is -0.207. The fraction of sp³-hybridized carbons (Fsp3) is 0.580. The Morgan fingerprint density at radius 3 is 2.45 bits per heavy atom. The third-order valence-electron chi connectivity index (χ3n) is 14.9. The van der Waals surface area contributed by atoms with Crippen molar-refractivity contribution in [1.29, 1.82) is 0 Å². The molecule has 5 fully saturated rings. The third kappa shape index (κ3) is 7.25. The smallest absolute Gasteiger partial charge is 0.320 e. The topological polar surface area (TPSA) is 187 Å². The molecule has 10 rings (SSSR count). The van der Waals surface area contributed by atoms with Gasteiger partial charge in [-0.15, -0.1) is 0 Å². The number of piperazine rings is 1. The number of nitrogens with one attached hydrogen (secondary N) is 1. The fourth-order valence-corrected chi connectivity index (χ4v) is 11.7. The van der Waals surface area contributed by atoms with Gasteiger partial charge in [-0.1, -0.05) is 29.4 Å². The van der Waals surface area contributed by atoms with E-state index in [0.29, 0.717) is 90.9 Å². The van der Waals surface area contributed by atoms with Crippen molar-refractivity contribution in [2.75, 3.05) is 46.4 Å². The van der Waals surface area contributed by atoms with Gasteiger partial charge in [-0.3, -0.25) is 19.2 Å². The lowest BCUT2D eigenvalue weighted by Gasteiger charge is -2.64. The molecule has 2 saturated heterocycles. The van der Waals surface area contributed by atoms with Crippen molar-refractivity contribution in [3.63, 3.8) is 0 Å². The Hall–Kier alpha value is -5.45. The predicted octanol–water partition coefficient (Wildman–Crippen LogP) is 5.40. The molecule has 1 aromatic carbocycles. The number of aliphatic hydroxyl groups is 1. The average molecular weight is 906 g/mol. The molecular weight excluding hydrogens is 843 g/mol. The number of carbonyl (C=O) groups excluding carboxylic acids is 4. The Bertz CT molecular complexity index is 2540. The number of aromatic nitrogens is 3. The van der Waals surface area contributed by atoms with E-state index in [4.69, 9.17) is 23.9 Å². The lowest BCUT2D eigenvalue weighted by Crippen LogP contribution is -2.79. The average Bonchev–Trinajstić information content (AvgIpc) is 3.79. The number of benzene rings is 1. The zero-order valence-corrected chi connectivity index (χ0v) is 39.7. The third-order valence-corrected chi connectivity index (χ3v) is 14.9. The molecule has 2 aromatic rings. The number of aliphatic hydroxyl groups excluding tert-OH is 1. The summed E-state index contributed by atoms with van der Waals surface area (Å²) in [6.07, 6.45) is 13.1. The van der Waals surface area contributed by atoms with Gasteiger partial charge in [-0.05, 0) is 100 Å². The molecule has 3 aliphatic carbocycles. The number of hydrogen-bond donors (Lipinski definition) is 2. The van der Waals surface area contributed by atoms with Gasteiger partial charge in [0.05, 0.1) is 41.0 Å². The van der Waals surface area contributed by atoms with Gasteiger partial charge < -0.3 is 39.2 Å². The van der Waals surface area contributed by atoms with Crippen LogP contribution in [0.15, 0.2) is 52.3 Å². The number of nitrogens with zero attached hydrogens (tertiary/aromatic N) is 6. The zero-order valence-electron chi connectivity index (χ0n) is 39.7. The first-order valence-corrected chi connectivity index (χ1v) is 23.4. The van der Waals surface area contributed by atoms with E-state index in [0.717, 1.165) is 12.0 Å². The number of esters is 1. The number of ether oxygens (including phenoxy) is 4. The van der Waals surface area contributed by atoms with Crippen LogP contribution in [-0.4, -0.2) is 128 Å². The highest BCUT2D eigenvalue weighted by molar-refractivity contribution is 6.15. The molecule has 8 aliphatic rings. The van der Waals surface area contributed by atoms with Crippen molar-refractivity contribution >= 4 is 41.3 Å². The van der Waals surface area contributed by atoms with Crippen LogP contribution < -0.4 is 19.5 Å². The molecule has 16 heteroatoms. The Morgan fingerprint density at radius 2 is 1.74 bits per heavy atom. The fourth-order valence-electron chi connectivity index (χ4n) is 11.7. The van der Waals surface area contributed by atoms with Gasteiger partial charge in [0, 0.05) is 62.1 Å². The van der Waals surface area contributed by atoms with Gasteiger partial charge in [-0.2, -0.15) is 10.1 Å². The summed E-state index contributed by atoms with van der Waals surface area (Å²) in [6, 6.07) is -0.583. The standard InChI is InChI=1S/C50H63N7O9/c1-28(2)11-10-16-48(8)17-15-32-41(64-48)31(13-12-29(3)4)43-37(42(32)63-36(60)26-35(59)56-22-20-55(9)21-23-56)39-38-40(57-46(54-39)52-27-53-57)33-25-34-47(6,7)66-49(44(33)61,50(34,38)65-43)18-14-30(5)45(62)51-19-24-58/h11-12,14-15,17,27,33-34,38,40,58H,10,13,16,18-26H2,1-9H3,(H,51,62). The largest absolute Gasteiger partial charge is 0.482 e. The summed E-state index contributed by atoms with van der Waals surface area (Å²) in [6.45, 7) is 18.2. The van der Waals surface area contributed by atoms with E-state index in [1.165, 1.54) is 11.9 Å². The Morgan fingerprint density at radius 1 is 1.00 bits per heavy atom. The first kappa shape index (κ1) is 45.7. The maximum atomic E-state index is 15.6. The van der Waals surface area contributed by atoms with Crippen LogP contribution in [0.2, 0.25) is 0 Å². The Kier molecular flexibility index (Phi) is 11.6. The molecule has 3 saturated carbocycles. The van der Waals surface area contributed by atoms with Gasteiger partial charge in [0.1, 0.15) is 29.8 Å². The van der Waals surface area contributed by atoms with Crippen molar-refractivity contribution < 1.29 is 43.2 Å². The van der Waals surface area contributed by atoms with E-state index in [1.54, 1.807) is 22.6 Å². The van der Waals surface area contributed by atoms with Crippen molar-refractivity contribution in [2.24, 2.45) is 22.7 Å². The van der Waals surface area contributed by atoms with Crippen LogP contribution in [0.5, 0.6) is 17.2 Å². The number of rotatable bonds is 13.